The van der Waals surface area contributed by atoms with Crippen molar-refractivity contribution in [2.75, 3.05) is 6.54 Å². The fourth-order valence-electron chi connectivity index (χ4n) is 2.94. The van der Waals surface area contributed by atoms with Crippen molar-refractivity contribution in [3.8, 4) is 0 Å². The first kappa shape index (κ1) is 11.2. The molecule has 0 saturated heterocycles. The maximum absolute atomic E-state index is 5.78. The molecule has 2 N–H and O–H groups in total. The number of aromatic nitrogens is 2. The first-order chi connectivity index (χ1) is 8.23. The zero-order valence-electron chi connectivity index (χ0n) is 10.5. The van der Waals surface area contributed by atoms with Crippen LogP contribution in [0.5, 0.6) is 0 Å². The van der Waals surface area contributed by atoms with Crippen molar-refractivity contribution in [2.45, 2.75) is 56.8 Å². The second-order valence-corrected chi connectivity index (χ2v) is 5.91. The van der Waals surface area contributed by atoms with Gasteiger partial charge < -0.3 is 10.3 Å². The molecule has 4 nitrogen and oxygen atoms in total. The third-order valence-electron chi connectivity index (χ3n) is 4.44. The van der Waals surface area contributed by atoms with Gasteiger partial charge in [-0.05, 0) is 31.6 Å². The number of nitrogens with zero attached hydrogens (tertiary/aromatic N) is 2. The van der Waals surface area contributed by atoms with Crippen molar-refractivity contribution in [3.63, 3.8) is 0 Å². The molecule has 2 aliphatic carbocycles. The second-order valence-electron chi connectivity index (χ2n) is 5.91. The first-order valence-electron chi connectivity index (χ1n) is 6.78. The number of hydrogen-bond acceptors (Lipinski definition) is 4. The summed E-state index contributed by atoms with van der Waals surface area (Å²) in [7, 11) is 0. The van der Waals surface area contributed by atoms with Gasteiger partial charge in [0.05, 0.1) is 5.41 Å². The molecule has 2 aliphatic rings. The Kier molecular flexibility index (Phi) is 2.69. The lowest BCUT2D eigenvalue weighted by Crippen LogP contribution is -2.20. The molecule has 1 heterocycles. The molecule has 1 aromatic rings. The summed E-state index contributed by atoms with van der Waals surface area (Å²) in [6.45, 7) is 2.95. The molecule has 3 rings (SSSR count). The van der Waals surface area contributed by atoms with Crippen LogP contribution >= 0.6 is 0 Å². The monoisotopic (exact) mass is 235 g/mol. The third-order valence-corrected chi connectivity index (χ3v) is 4.44. The molecular weight excluding hydrogens is 214 g/mol. The van der Waals surface area contributed by atoms with Crippen molar-refractivity contribution in [1.82, 2.24) is 10.1 Å². The molecule has 0 aromatic carbocycles. The Morgan fingerprint density at radius 2 is 2.24 bits per heavy atom. The highest BCUT2D eigenvalue weighted by atomic mass is 16.5. The highest BCUT2D eigenvalue weighted by Crippen LogP contribution is 2.47. The number of rotatable bonds is 3. The smallest absolute Gasteiger partial charge is 0.234 e. The van der Waals surface area contributed by atoms with Crippen LogP contribution in [-0.4, -0.2) is 16.7 Å². The highest BCUT2D eigenvalue weighted by Gasteiger charge is 2.48. The summed E-state index contributed by atoms with van der Waals surface area (Å²) >= 11 is 0. The van der Waals surface area contributed by atoms with Crippen LogP contribution in [0.1, 0.15) is 63.1 Å². The van der Waals surface area contributed by atoms with Crippen LogP contribution in [-0.2, 0) is 5.41 Å². The van der Waals surface area contributed by atoms with E-state index < -0.39 is 0 Å². The van der Waals surface area contributed by atoms with Crippen LogP contribution in [0, 0.1) is 5.92 Å². The standard InChI is InChI=1S/C13H21N3O/c1-9-3-2-4-10(7-9)11-15-12(17-16-11)13(8-14)5-6-13/h9-10H,2-8,14H2,1H3. The molecule has 2 unspecified atom stereocenters. The average molecular weight is 235 g/mol. The molecule has 0 aliphatic heterocycles. The van der Waals surface area contributed by atoms with Gasteiger partial charge in [0, 0.05) is 12.5 Å². The van der Waals surface area contributed by atoms with E-state index in [9.17, 15) is 0 Å². The molecule has 2 atom stereocenters. The van der Waals surface area contributed by atoms with Gasteiger partial charge in [-0.1, -0.05) is 24.9 Å². The van der Waals surface area contributed by atoms with Crippen LogP contribution in [0.4, 0.5) is 0 Å². The van der Waals surface area contributed by atoms with E-state index in [1.54, 1.807) is 0 Å². The summed E-state index contributed by atoms with van der Waals surface area (Å²) < 4.78 is 5.43. The van der Waals surface area contributed by atoms with E-state index in [1.807, 2.05) is 0 Å². The topological polar surface area (TPSA) is 64.9 Å². The lowest BCUT2D eigenvalue weighted by molar-refractivity contribution is 0.313. The van der Waals surface area contributed by atoms with Crippen LogP contribution in [0.15, 0.2) is 4.52 Å². The van der Waals surface area contributed by atoms with Gasteiger partial charge in [-0.2, -0.15) is 4.98 Å². The number of nitrogens with two attached hydrogens (primary N) is 1. The van der Waals surface area contributed by atoms with Gasteiger partial charge in [0.2, 0.25) is 5.89 Å². The summed E-state index contributed by atoms with van der Waals surface area (Å²) in [6.07, 6.45) is 7.25. The second kappa shape index (κ2) is 4.09. The zero-order valence-corrected chi connectivity index (χ0v) is 10.5. The van der Waals surface area contributed by atoms with Crippen LogP contribution in [0.3, 0.4) is 0 Å². The van der Waals surface area contributed by atoms with Crippen molar-refractivity contribution in [1.29, 1.82) is 0 Å². The normalized spacial score (nSPS) is 31.4. The number of hydrogen-bond donors (Lipinski definition) is 1. The summed E-state index contributed by atoms with van der Waals surface area (Å²) in [5.74, 6) is 3.00. The van der Waals surface area contributed by atoms with Gasteiger partial charge in [-0.25, -0.2) is 0 Å². The molecule has 94 valence electrons. The van der Waals surface area contributed by atoms with Gasteiger partial charge in [0.25, 0.3) is 0 Å². The molecule has 0 spiro atoms. The molecule has 4 heteroatoms. The molecule has 17 heavy (non-hydrogen) atoms. The van der Waals surface area contributed by atoms with Gasteiger partial charge in [-0.3, -0.25) is 0 Å². The SMILES string of the molecule is CC1CCCC(c2noc(C3(CN)CC3)n2)C1. The predicted octanol–water partition coefficient (Wildman–Crippen LogP) is 2.35. The quantitative estimate of drug-likeness (QED) is 0.873. The summed E-state index contributed by atoms with van der Waals surface area (Å²) in [4.78, 5) is 4.62. The van der Waals surface area contributed by atoms with Crippen molar-refractivity contribution in [3.05, 3.63) is 11.7 Å². The van der Waals surface area contributed by atoms with E-state index in [4.69, 9.17) is 10.3 Å². The molecule has 1 aromatic heterocycles. The minimum Gasteiger partial charge on any atom is -0.339 e. The predicted molar refractivity (Wildman–Crippen MR) is 64.6 cm³/mol. The Labute approximate surface area is 102 Å². The van der Waals surface area contributed by atoms with Crippen molar-refractivity contribution in [2.24, 2.45) is 11.7 Å². The lowest BCUT2D eigenvalue weighted by Gasteiger charge is -2.23. The fraction of sp³-hybridized carbons (Fsp3) is 0.846. The van der Waals surface area contributed by atoms with Crippen LogP contribution in [0.25, 0.3) is 0 Å². The largest absolute Gasteiger partial charge is 0.339 e. The molecule has 2 fully saturated rings. The van der Waals surface area contributed by atoms with Crippen LogP contribution < -0.4 is 5.73 Å². The molecular formula is C13H21N3O. The average Bonchev–Trinajstić information content (AvgIpc) is 2.99. The zero-order chi connectivity index (χ0) is 11.9. The van der Waals surface area contributed by atoms with Crippen molar-refractivity contribution < 1.29 is 4.52 Å². The van der Waals surface area contributed by atoms with Crippen molar-refractivity contribution >= 4 is 0 Å². The van der Waals surface area contributed by atoms with Gasteiger partial charge in [0.1, 0.15) is 0 Å². The fourth-order valence-corrected chi connectivity index (χ4v) is 2.94. The van der Waals surface area contributed by atoms with E-state index >= 15 is 0 Å². The minimum absolute atomic E-state index is 0.0333. The Balaban J connectivity index is 1.76. The summed E-state index contributed by atoms with van der Waals surface area (Å²) in [5.41, 5.74) is 5.82. The van der Waals surface area contributed by atoms with E-state index in [-0.39, 0.29) is 5.41 Å². The third kappa shape index (κ3) is 1.99. The molecule has 0 bridgehead atoms. The van der Waals surface area contributed by atoms with E-state index in [0.29, 0.717) is 12.5 Å². The Hall–Kier alpha value is -0.900. The molecule has 2 saturated carbocycles. The highest BCUT2D eigenvalue weighted by molar-refractivity contribution is 5.17. The first-order valence-corrected chi connectivity index (χ1v) is 6.78. The van der Waals surface area contributed by atoms with Gasteiger partial charge in [0.15, 0.2) is 5.82 Å². The maximum Gasteiger partial charge on any atom is 0.234 e. The summed E-state index contributed by atoms with van der Waals surface area (Å²) in [6, 6.07) is 0. The Bertz CT molecular complexity index is 397. The van der Waals surface area contributed by atoms with E-state index in [1.165, 1.54) is 25.7 Å². The Morgan fingerprint density at radius 1 is 1.41 bits per heavy atom. The molecule has 0 amide bonds. The minimum atomic E-state index is 0.0333. The summed E-state index contributed by atoms with van der Waals surface area (Å²) in [5, 5.41) is 4.19. The molecule has 0 radical (unpaired) electrons. The van der Waals surface area contributed by atoms with Gasteiger partial charge in [-0.15, -0.1) is 0 Å². The Morgan fingerprint density at radius 3 is 2.88 bits per heavy atom. The maximum atomic E-state index is 5.78. The van der Waals surface area contributed by atoms with Crippen LogP contribution in [0.2, 0.25) is 0 Å². The van der Waals surface area contributed by atoms with E-state index in [0.717, 1.165) is 30.5 Å². The van der Waals surface area contributed by atoms with E-state index in [2.05, 4.69) is 17.1 Å². The van der Waals surface area contributed by atoms with Gasteiger partial charge >= 0.3 is 0 Å². The lowest BCUT2D eigenvalue weighted by atomic mass is 9.82.